The van der Waals surface area contributed by atoms with Crippen molar-refractivity contribution >= 4 is 5.69 Å². The van der Waals surface area contributed by atoms with E-state index in [0.717, 1.165) is 22.3 Å². The minimum Gasteiger partial charge on any atom is -0.398 e. The maximum absolute atomic E-state index is 10.3. The van der Waals surface area contributed by atoms with Gasteiger partial charge in [-0.05, 0) is 25.5 Å². The summed E-state index contributed by atoms with van der Waals surface area (Å²) in [5, 5.41) is 10.3. The molecule has 0 saturated heterocycles. The first-order chi connectivity index (χ1) is 8.08. The smallest absolute Gasteiger partial charge is 0.106 e. The first-order valence-electron chi connectivity index (χ1n) is 5.68. The fourth-order valence-corrected chi connectivity index (χ4v) is 2.11. The number of nitrogens with two attached hydrogens (primary N) is 1. The van der Waals surface area contributed by atoms with E-state index in [-0.39, 0.29) is 0 Å². The molecule has 1 unspecified atom stereocenters. The van der Waals surface area contributed by atoms with E-state index in [2.05, 4.69) is 6.07 Å². The lowest BCUT2D eigenvalue weighted by atomic mass is 9.97. The number of para-hydroxylation sites is 1. The van der Waals surface area contributed by atoms with Crippen LogP contribution >= 0.6 is 0 Å². The van der Waals surface area contributed by atoms with Gasteiger partial charge in [0, 0.05) is 11.3 Å². The summed E-state index contributed by atoms with van der Waals surface area (Å²) in [4.78, 5) is 0. The van der Waals surface area contributed by atoms with E-state index < -0.39 is 6.10 Å². The molecule has 2 rings (SSSR count). The number of aliphatic hydroxyl groups excluding tert-OH is 1. The van der Waals surface area contributed by atoms with Gasteiger partial charge < -0.3 is 10.8 Å². The molecule has 0 spiro atoms. The van der Waals surface area contributed by atoms with Crippen LogP contribution in [-0.4, -0.2) is 5.11 Å². The van der Waals surface area contributed by atoms with Gasteiger partial charge in [0.1, 0.15) is 6.10 Å². The third-order valence-electron chi connectivity index (χ3n) is 2.85. The van der Waals surface area contributed by atoms with Crippen LogP contribution < -0.4 is 5.73 Å². The average Bonchev–Trinajstić information content (AvgIpc) is 2.27. The van der Waals surface area contributed by atoms with Crippen LogP contribution in [0.3, 0.4) is 0 Å². The van der Waals surface area contributed by atoms with Crippen LogP contribution in [0.25, 0.3) is 0 Å². The summed E-state index contributed by atoms with van der Waals surface area (Å²) in [6.45, 7) is 4.05. The van der Waals surface area contributed by atoms with Crippen LogP contribution in [0.4, 0.5) is 5.69 Å². The number of aliphatic hydroxyl groups is 1. The van der Waals surface area contributed by atoms with Crippen LogP contribution in [0.15, 0.2) is 42.5 Å². The Kier molecular flexibility index (Phi) is 3.16. The zero-order chi connectivity index (χ0) is 12.4. The average molecular weight is 227 g/mol. The number of anilines is 1. The molecule has 0 heterocycles. The molecule has 3 N–H and O–H groups in total. The zero-order valence-corrected chi connectivity index (χ0v) is 10.1. The SMILES string of the molecule is Cc1cc(C)cc(C(O)c2ccccc2N)c1. The normalized spacial score (nSPS) is 12.4. The quantitative estimate of drug-likeness (QED) is 0.775. The first-order valence-corrected chi connectivity index (χ1v) is 5.68. The molecule has 0 aliphatic rings. The van der Waals surface area contributed by atoms with Gasteiger partial charge >= 0.3 is 0 Å². The van der Waals surface area contributed by atoms with E-state index in [1.807, 2.05) is 44.2 Å². The number of hydrogen-bond acceptors (Lipinski definition) is 2. The minimum absolute atomic E-state index is 0.624. The Balaban J connectivity index is 2.43. The number of rotatable bonds is 2. The highest BCUT2D eigenvalue weighted by Crippen LogP contribution is 2.27. The highest BCUT2D eigenvalue weighted by molar-refractivity contribution is 5.50. The summed E-state index contributed by atoms with van der Waals surface area (Å²) < 4.78 is 0. The van der Waals surface area contributed by atoms with Crippen molar-refractivity contribution in [2.24, 2.45) is 0 Å². The Morgan fingerprint density at radius 3 is 2.18 bits per heavy atom. The molecular formula is C15H17NO. The molecule has 0 saturated carbocycles. The summed E-state index contributed by atoms with van der Waals surface area (Å²) >= 11 is 0. The van der Waals surface area contributed by atoms with Crippen LogP contribution in [-0.2, 0) is 0 Å². The molecule has 0 bridgehead atoms. The maximum Gasteiger partial charge on any atom is 0.106 e. The van der Waals surface area contributed by atoms with Crippen molar-refractivity contribution in [3.63, 3.8) is 0 Å². The summed E-state index contributed by atoms with van der Waals surface area (Å²) in [6.07, 6.45) is -0.658. The molecule has 0 aliphatic heterocycles. The minimum atomic E-state index is -0.658. The topological polar surface area (TPSA) is 46.2 Å². The van der Waals surface area contributed by atoms with Crippen molar-refractivity contribution in [1.29, 1.82) is 0 Å². The van der Waals surface area contributed by atoms with Gasteiger partial charge in [-0.1, -0.05) is 47.5 Å². The summed E-state index contributed by atoms with van der Waals surface area (Å²) in [5.74, 6) is 0. The number of benzene rings is 2. The molecule has 0 radical (unpaired) electrons. The van der Waals surface area contributed by atoms with Crippen molar-refractivity contribution < 1.29 is 5.11 Å². The Bertz CT molecular complexity index is 514. The lowest BCUT2D eigenvalue weighted by molar-refractivity contribution is 0.221. The second kappa shape index (κ2) is 4.60. The van der Waals surface area contributed by atoms with Gasteiger partial charge in [0.25, 0.3) is 0 Å². The van der Waals surface area contributed by atoms with E-state index in [1.165, 1.54) is 0 Å². The van der Waals surface area contributed by atoms with Crippen LogP contribution in [0, 0.1) is 13.8 Å². The molecule has 2 nitrogen and oxygen atoms in total. The highest BCUT2D eigenvalue weighted by Gasteiger charge is 2.13. The summed E-state index contributed by atoms with van der Waals surface area (Å²) in [7, 11) is 0. The van der Waals surface area contributed by atoms with Gasteiger partial charge in [-0.2, -0.15) is 0 Å². The lowest BCUT2D eigenvalue weighted by Crippen LogP contribution is -2.04. The van der Waals surface area contributed by atoms with Gasteiger partial charge in [-0.15, -0.1) is 0 Å². The van der Waals surface area contributed by atoms with Gasteiger partial charge in [0.15, 0.2) is 0 Å². The third kappa shape index (κ3) is 2.48. The van der Waals surface area contributed by atoms with Gasteiger partial charge in [0.05, 0.1) is 0 Å². The second-order valence-corrected chi connectivity index (χ2v) is 4.45. The van der Waals surface area contributed by atoms with Crippen molar-refractivity contribution in [3.05, 3.63) is 64.7 Å². The fraction of sp³-hybridized carbons (Fsp3) is 0.200. The van der Waals surface area contributed by atoms with Crippen molar-refractivity contribution in [2.75, 3.05) is 5.73 Å². The number of nitrogen functional groups attached to an aromatic ring is 1. The number of hydrogen-bond donors (Lipinski definition) is 2. The molecule has 0 aromatic heterocycles. The first kappa shape index (κ1) is 11.7. The molecule has 2 heteroatoms. The summed E-state index contributed by atoms with van der Waals surface area (Å²) in [6, 6.07) is 13.5. The maximum atomic E-state index is 10.3. The van der Waals surface area contributed by atoms with E-state index in [9.17, 15) is 5.11 Å². The predicted molar refractivity (Wildman–Crippen MR) is 70.8 cm³/mol. The molecule has 88 valence electrons. The standard InChI is InChI=1S/C15H17NO/c1-10-7-11(2)9-12(8-10)15(17)13-5-3-4-6-14(13)16/h3-9,15,17H,16H2,1-2H3. The Morgan fingerprint density at radius 1 is 1.00 bits per heavy atom. The van der Waals surface area contributed by atoms with Crippen LogP contribution in [0.1, 0.15) is 28.4 Å². The molecule has 0 fully saturated rings. The molecule has 1 atom stereocenters. The Morgan fingerprint density at radius 2 is 1.59 bits per heavy atom. The lowest BCUT2D eigenvalue weighted by Gasteiger charge is -2.15. The highest BCUT2D eigenvalue weighted by atomic mass is 16.3. The van der Waals surface area contributed by atoms with Crippen molar-refractivity contribution in [3.8, 4) is 0 Å². The third-order valence-corrected chi connectivity index (χ3v) is 2.85. The number of aryl methyl sites for hydroxylation is 2. The van der Waals surface area contributed by atoms with E-state index in [1.54, 1.807) is 6.07 Å². The molecule has 17 heavy (non-hydrogen) atoms. The molecule has 2 aromatic carbocycles. The second-order valence-electron chi connectivity index (χ2n) is 4.45. The van der Waals surface area contributed by atoms with Crippen LogP contribution in [0.2, 0.25) is 0 Å². The van der Waals surface area contributed by atoms with E-state index in [0.29, 0.717) is 5.69 Å². The monoisotopic (exact) mass is 227 g/mol. The largest absolute Gasteiger partial charge is 0.398 e. The van der Waals surface area contributed by atoms with Gasteiger partial charge in [-0.3, -0.25) is 0 Å². The predicted octanol–water partition coefficient (Wildman–Crippen LogP) is 2.97. The Labute approximate surface area is 102 Å². The zero-order valence-electron chi connectivity index (χ0n) is 10.1. The van der Waals surface area contributed by atoms with Crippen LogP contribution in [0.5, 0.6) is 0 Å². The van der Waals surface area contributed by atoms with E-state index in [4.69, 9.17) is 5.73 Å². The molecular weight excluding hydrogens is 210 g/mol. The summed E-state index contributed by atoms with van der Waals surface area (Å²) in [5.41, 5.74) is 10.4. The van der Waals surface area contributed by atoms with Crippen molar-refractivity contribution in [1.82, 2.24) is 0 Å². The Hall–Kier alpha value is -1.80. The van der Waals surface area contributed by atoms with Gasteiger partial charge in [0.2, 0.25) is 0 Å². The fourth-order valence-electron chi connectivity index (χ4n) is 2.11. The molecule has 0 amide bonds. The van der Waals surface area contributed by atoms with Gasteiger partial charge in [-0.25, -0.2) is 0 Å². The van der Waals surface area contributed by atoms with E-state index >= 15 is 0 Å². The van der Waals surface area contributed by atoms with Crippen molar-refractivity contribution in [2.45, 2.75) is 20.0 Å². The molecule has 0 aliphatic carbocycles. The molecule has 2 aromatic rings.